The topological polar surface area (TPSA) is 52.8 Å². The van der Waals surface area contributed by atoms with Gasteiger partial charge in [0.2, 0.25) is 0 Å². The van der Waals surface area contributed by atoms with E-state index in [9.17, 15) is 0 Å². The molecule has 0 radical (unpaired) electrons. The van der Waals surface area contributed by atoms with Crippen LogP contribution in [0.1, 0.15) is 17.3 Å². The molecular weight excluding hydrogens is 693 g/mol. The number of para-hydroxylation sites is 2. The Morgan fingerprint density at radius 3 is 2.07 bits per heavy atom. The maximum Gasteiger partial charge on any atom is 0.164 e. The molecule has 0 saturated heterocycles. The number of fused-ring (bicyclic) bond motifs is 10. The highest BCUT2D eigenvalue weighted by Crippen LogP contribution is 2.52. The number of ether oxygens (including phenoxy) is 1. The third-order valence-corrected chi connectivity index (χ3v) is 12.4. The Morgan fingerprint density at radius 2 is 1.18 bits per heavy atom. The van der Waals surface area contributed by atoms with Crippen LogP contribution in [0.4, 0.5) is 0 Å². The van der Waals surface area contributed by atoms with E-state index >= 15 is 0 Å². The number of rotatable bonds is 4. The molecule has 10 aromatic rings. The van der Waals surface area contributed by atoms with Crippen LogP contribution in [0.2, 0.25) is 0 Å². The van der Waals surface area contributed by atoms with E-state index in [1.807, 2.05) is 35.6 Å². The lowest BCUT2D eigenvalue weighted by Crippen LogP contribution is -2.27. The Kier molecular flexibility index (Phi) is 6.56. The van der Waals surface area contributed by atoms with Gasteiger partial charge in [0.1, 0.15) is 11.9 Å². The molecule has 55 heavy (non-hydrogen) atoms. The summed E-state index contributed by atoms with van der Waals surface area (Å²) in [5.74, 6) is 2.67. The minimum absolute atomic E-state index is 0.101. The molecule has 0 amide bonds. The molecule has 12 rings (SSSR count). The maximum absolute atomic E-state index is 6.97. The Labute approximate surface area is 320 Å². The van der Waals surface area contributed by atoms with Crippen LogP contribution in [0.15, 0.2) is 170 Å². The zero-order chi connectivity index (χ0) is 36.0. The van der Waals surface area contributed by atoms with Gasteiger partial charge in [-0.2, -0.15) is 0 Å². The van der Waals surface area contributed by atoms with E-state index in [-0.39, 0.29) is 12.0 Å². The molecule has 0 bridgehead atoms. The number of thiophene rings is 1. The average molecular weight is 723 g/mol. The molecule has 4 heterocycles. The molecule has 2 atom stereocenters. The zero-order valence-electron chi connectivity index (χ0n) is 29.4. The van der Waals surface area contributed by atoms with Gasteiger partial charge in [0.25, 0.3) is 0 Å². The fraction of sp³-hybridized carbons (Fsp3) is 0.0408. The summed E-state index contributed by atoms with van der Waals surface area (Å²) in [6.45, 7) is 0. The summed E-state index contributed by atoms with van der Waals surface area (Å²) in [7, 11) is 0. The molecule has 2 aliphatic rings. The molecule has 5 nitrogen and oxygen atoms in total. The van der Waals surface area contributed by atoms with Gasteiger partial charge in [-0.3, -0.25) is 0 Å². The van der Waals surface area contributed by atoms with E-state index in [4.69, 9.17) is 19.7 Å². The van der Waals surface area contributed by atoms with Crippen molar-refractivity contribution in [1.82, 2.24) is 19.5 Å². The van der Waals surface area contributed by atoms with Gasteiger partial charge in [-0.15, -0.1) is 11.3 Å². The largest absolute Gasteiger partial charge is 0.484 e. The summed E-state index contributed by atoms with van der Waals surface area (Å²) in [5.41, 5.74) is 7.48. The fourth-order valence-electron chi connectivity index (χ4n) is 8.71. The number of allylic oxidation sites excluding steroid dienone is 2. The number of hydrogen-bond acceptors (Lipinski definition) is 5. The quantitative estimate of drug-likeness (QED) is 0.181. The third-order valence-electron chi connectivity index (χ3n) is 11.2. The van der Waals surface area contributed by atoms with Crippen LogP contribution in [-0.4, -0.2) is 25.6 Å². The Morgan fingerprint density at radius 1 is 0.491 bits per heavy atom. The molecule has 0 spiro atoms. The summed E-state index contributed by atoms with van der Waals surface area (Å²) in [6.07, 6.45) is 4.09. The van der Waals surface area contributed by atoms with Gasteiger partial charge in [-0.05, 0) is 71.5 Å². The highest BCUT2D eigenvalue weighted by molar-refractivity contribution is 7.25. The molecular formula is C49H30N4OS. The average Bonchev–Trinajstić information content (AvgIpc) is 3.92. The second-order valence-electron chi connectivity index (χ2n) is 14.3. The van der Waals surface area contributed by atoms with Crippen LogP contribution >= 0.6 is 11.3 Å². The van der Waals surface area contributed by atoms with Gasteiger partial charge >= 0.3 is 0 Å². The van der Waals surface area contributed by atoms with E-state index in [0.29, 0.717) is 17.5 Å². The van der Waals surface area contributed by atoms with Gasteiger partial charge < -0.3 is 9.30 Å². The third kappa shape index (κ3) is 4.68. The second-order valence-corrected chi connectivity index (χ2v) is 15.4. The van der Waals surface area contributed by atoms with E-state index in [1.165, 1.54) is 52.8 Å². The summed E-state index contributed by atoms with van der Waals surface area (Å²) < 4.78 is 11.9. The van der Waals surface area contributed by atoms with Crippen molar-refractivity contribution in [2.45, 2.75) is 12.0 Å². The first-order valence-electron chi connectivity index (χ1n) is 18.6. The van der Waals surface area contributed by atoms with Gasteiger partial charge in [0.05, 0.1) is 17.0 Å². The van der Waals surface area contributed by atoms with Crippen molar-refractivity contribution in [1.29, 1.82) is 0 Å². The number of nitrogens with zero attached hydrogens (tertiary/aromatic N) is 4. The van der Waals surface area contributed by atoms with Gasteiger partial charge in [-0.25, -0.2) is 15.0 Å². The monoisotopic (exact) mass is 722 g/mol. The number of hydrogen-bond donors (Lipinski definition) is 0. The zero-order valence-corrected chi connectivity index (χ0v) is 30.2. The molecule has 1 aliphatic carbocycles. The van der Waals surface area contributed by atoms with Crippen LogP contribution in [0.3, 0.4) is 0 Å². The predicted octanol–water partition coefficient (Wildman–Crippen LogP) is 12.3. The standard InChI is InChI=1S/C49H30N4OS/c1-2-12-29(13-3-1)47-50-48(32-22-25-44-38(27-32)34-17-8-11-21-43(34)55-44)52-49(51-47)36-23-24-40(45-35-18-7-10-20-42(35)54-46(36)45)53-39-19-9-6-16-33(39)37-26-30-14-4-5-15-31(30)28-41(37)53/h1-28,45-46H. The molecule has 0 saturated carbocycles. The van der Waals surface area contributed by atoms with Crippen LogP contribution in [0, 0.1) is 0 Å². The minimum atomic E-state index is -0.351. The van der Waals surface area contributed by atoms with Crippen molar-refractivity contribution in [3.05, 3.63) is 181 Å². The lowest BCUT2D eigenvalue weighted by Gasteiger charge is -2.29. The van der Waals surface area contributed by atoms with E-state index in [0.717, 1.165) is 33.7 Å². The summed E-state index contributed by atoms with van der Waals surface area (Å²) >= 11 is 1.81. The predicted molar refractivity (Wildman–Crippen MR) is 226 cm³/mol. The first kappa shape index (κ1) is 30.6. The van der Waals surface area contributed by atoms with Crippen LogP contribution < -0.4 is 4.74 Å². The van der Waals surface area contributed by atoms with Crippen molar-refractivity contribution in [2.75, 3.05) is 0 Å². The molecule has 7 aromatic carbocycles. The Hall–Kier alpha value is -6.89. The first-order chi connectivity index (χ1) is 27.2. The number of benzene rings is 7. The normalized spacial score (nSPS) is 16.4. The molecule has 0 N–H and O–H groups in total. The molecule has 1 aliphatic heterocycles. The molecule has 6 heteroatoms. The van der Waals surface area contributed by atoms with Crippen molar-refractivity contribution in [2.24, 2.45) is 0 Å². The Balaban J connectivity index is 1.09. The van der Waals surface area contributed by atoms with Crippen molar-refractivity contribution < 1.29 is 4.74 Å². The highest BCUT2D eigenvalue weighted by Gasteiger charge is 2.43. The Bertz CT molecular complexity index is 3270. The van der Waals surface area contributed by atoms with Crippen LogP contribution in [0.5, 0.6) is 5.75 Å². The van der Waals surface area contributed by atoms with Gasteiger partial charge in [-0.1, -0.05) is 109 Å². The first-order valence-corrected chi connectivity index (χ1v) is 19.4. The van der Waals surface area contributed by atoms with Crippen molar-refractivity contribution in [3.8, 4) is 28.5 Å². The fourth-order valence-corrected chi connectivity index (χ4v) is 9.79. The molecule has 3 aromatic heterocycles. The summed E-state index contributed by atoms with van der Waals surface area (Å²) in [5, 5.41) is 7.36. The summed E-state index contributed by atoms with van der Waals surface area (Å²) in [4.78, 5) is 15.6. The van der Waals surface area contributed by atoms with E-state index in [2.05, 4.69) is 150 Å². The smallest absolute Gasteiger partial charge is 0.164 e. The molecule has 258 valence electrons. The van der Waals surface area contributed by atoms with Crippen molar-refractivity contribution >= 4 is 75.4 Å². The number of aromatic nitrogens is 4. The van der Waals surface area contributed by atoms with E-state index in [1.54, 1.807) is 0 Å². The second kappa shape index (κ2) is 11.8. The minimum Gasteiger partial charge on any atom is -0.484 e. The SMILES string of the molecule is C1=C(c2nc(-c3ccccc3)nc(-c3ccc4sc5ccccc5c4c3)n2)C2Oc3ccccc3C2C(n2c3ccccc3c3cc4ccccc4cc32)=C1. The van der Waals surface area contributed by atoms with Gasteiger partial charge in [0, 0.05) is 58.9 Å². The maximum atomic E-state index is 6.97. The van der Waals surface area contributed by atoms with Gasteiger partial charge in [0.15, 0.2) is 17.5 Å². The molecule has 2 unspecified atom stereocenters. The lowest BCUT2D eigenvalue weighted by atomic mass is 9.84. The van der Waals surface area contributed by atoms with E-state index < -0.39 is 0 Å². The highest BCUT2D eigenvalue weighted by atomic mass is 32.1. The van der Waals surface area contributed by atoms with Crippen molar-refractivity contribution in [3.63, 3.8) is 0 Å². The lowest BCUT2D eigenvalue weighted by molar-refractivity contribution is 0.278. The van der Waals surface area contributed by atoms with Crippen LogP contribution in [0.25, 0.3) is 86.8 Å². The van der Waals surface area contributed by atoms with Crippen LogP contribution in [-0.2, 0) is 0 Å². The molecule has 0 fully saturated rings. The summed E-state index contributed by atoms with van der Waals surface area (Å²) in [6, 6.07) is 55.8.